The summed E-state index contributed by atoms with van der Waals surface area (Å²) in [6, 6.07) is 0. The quantitative estimate of drug-likeness (QED) is 0.467. The van der Waals surface area contributed by atoms with Crippen molar-refractivity contribution >= 4 is 0 Å². The van der Waals surface area contributed by atoms with E-state index in [9.17, 15) is 0 Å². The summed E-state index contributed by atoms with van der Waals surface area (Å²) < 4.78 is 0. The van der Waals surface area contributed by atoms with Crippen molar-refractivity contribution in [3.63, 3.8) is 0 Å². The molecule has 0 nitrogen and oxygen atoms in total. The highest BCUT2D eigenvalue weighted by atomic mass is 14.1. The highest BCUT2D eigenvalue weighted by molar-refractivity contribution is 5.28. The number of rotatable bonds is 5. The van der Waals surface area contributed by atoms with Gasteiger partial charge in [0.2, 0.25) is 0 Å². The highest BCUT2D eigenvalue weighted by Crippen LogP contribution is 2.22. The second-order valence-corrected chi connectivity index (χ2v) is 5.96. The molecule has 0 radical (unpaired) electrons. The molecule has 0 bridgehead atoms. The van der Waals surface area contributed by atoms with E-state index >= 15 is 0 Å². The third-order valence-corrected chi connectivity index (χ3v) is 4.04. The van der Waals surface area contributed by atoms with E-state index in [1.54, 1.807) is 5.57 Å². The predicted molar refractivity (Wildman–Crippen MR) is 94.1 cm³/mol. The molecular formula is C20H34. The Bertz CT molecular complexity index is 377. The van der Waals surface area contributed by atoms with Gasteiger partial charge in [-0.2, -0.15) is 0 Å². The fourth-order valence-corrected chi connectivity index (χ4v) is 2.25. The molecule has 0 atom stereocenters. The van der Waals surface area contributed by atoms with E-state index < -0.39 is 0 Å². The zero-order valence-corrected chi connectivity index (χ0v) is 14.4. The fraction of sp³-hybridized carbons (Fsp3) is 0.600. The van der Waals surface area contributed by atoms with Gasteiger partial charge in [-0.1, -0.05) is 61.8 Å². The van der Waals surface area contributed by atoms with Crippen molar-refractivity contribution in [2.45, 2.75) is 79.6 Å². The Hall–Kier alpha value is -1.04. The molecule has 0 aromatic carbocycles. The van der Waals surface area contributed by atoms with Gasteiger partial charge in [0.1, 0.15) is 0 Å². The van der Waals surface area contributed by atoms with E-state index in [1.165, 1.54) is 67.2 Å². The maximum atomic E-state index is 3.94. The van der Waals surface area contributed by atoms with Crippen LogP contribution in [0.3, 0.4) is 0 Å². The van der Waals surface area contributed by atoms with Gasteiger partial charge in [0.05, 0.1) is 0 Å². The van der Waals surface area contributed by atoms with Crippen molar-refractivity contribution in [2.75, 3.05) is 0 Å². The van der Waals surface area contributed by atoms with Crippen molar-refractivity contribution in [1.82, 2.24) is 0 Å². The summed E-state index contributed by atoms with van der Waals surface area (Å²) in [5.41, 5.74) is 6.99. The Morgan fingerprint density at radius 2 is 1.80 bits per heavy atom. The van der Waals surface area contributed by atoms with Crippen LogP contribution in [0.25, 0.3) is 0 Å². The molecule has 0 amide bonds. The van der Waals surface area contributed by atoms with Crippen molar-refractivity contribution in [3.05, 3.63) is 47.1 Å². The first-order valence-corrected chi connectivity index (χ1v) is 8.11. The van der Waals surface area contributed by atoms with E-state index in [4.69, 9.17) is 0 Å². The molecule has 1 aliphatic carbocycles. The molecule has 0 spiro atoms. The van der Waals surface area contributed by atoms with Crippen molar-refractivity contribution in [1.29, 1.82) is 0 Å². The first kappa shape index (κ1) is 19.0. The van der Waals surface area contributed by atoms with Gasteiger partial charge in [0, 0.05) is 0 Å². The Morgan fingerprint density at radius 3 is 2.20 bits per heavy atom. The van der Waals surface area contributed by atoms with E-state index in [2.05, 4.69) is 53.9 Å². The molecule has 0 fully saturated rings. The lowest BCUT2D eigenvalue weighted by Gasteiger charge is -2.11. The average Bonchev–Trinajstić information content (AvgIpc) is 2.44. The molecular weight excluding hydrogens is 240 g/mol. The normalized spacial score (nSPS) is 15.8. The zero-order chi connectivity index (χ0) is 15.5. The van der Waals surface area contributed by atoms with Crippen molar-refractivity contribution in [3.8, 4) is 0 Å². The summed E-state index contributed by atoms with van der Waals surface area (Å²) in [5, 5.41) is 0. The summed E-state index contributed by atoms with van der Waals surface area (Å²) in [5.74, 6) is 0. The summed E-state index contributed by atoms with van der Waals surface area (Å²) >= 11 is 0. The van der Waals surface area contributed by atoms with Crippen LogP contribution in [0.2, 0.25) is 0 Å². The number of unbranched alkanes of at least 4 members (excludes halogenated alkanes) is 1. The summed E-state index contributed by atoms with van der Waals surface area (Å²) in [6.07, 6.45) is 11.1. The second-order valence-electron chi connectivity index (χ2n) is 5.96. The van der Waals surface area contributed by atoms with Gasteiger partial charge < -0.3 is 0 Å². The van der Waals surface area contributed by atoms with Gasteiger partial charge in [-0.15, -0.1) is 0 Å². The molecule has 0 heterocycles. The van der Waals surface area contributed by atoms with Gasteiger partial charge >= 0.3 is 0 Å². The lowest BCUT2D eigenvalue weighted by atomic mass is 9.95. The van der Waals surface area contributed by atoms with Crippen LogP contribution in [0.4, 0.5) is 0 Å². The molecule has 114 valence electrons. The van der Waals surface area contributed by atoms with Crippen LogP contribution in [0, 0.1) is 0 Å². The van der Waals surface area contributed by atoms with Gasteiger partial charge in [0.15, 0.2) is 0 Å². The zero-order valence-electron chi connectivity index (χ0n) is 14.4. The van der Waals surface area contributed by atoms with Gasteiger partial charge in [-0.25, -0.2) is 0 Å². The first-order chi connectivity index (χ1) is 9.42. The number of allylic oxidation sites excluding steroid dienone is 6. The lowest BCUT2D eigenvalue weighted by Crippen LogP contribution is -1.91. The molecule has 0 aromatic heterocycles. The monoisotopic (exact) mass is 274 g/mol. The van der Waals surface area contributed by atoms with Crippen LogP contribution < -0.4 is 0 Å². The minimum atomic E-state index is 1.21. The van der Waals surface area contributed by atoms with E-state index in [-0.39, 0.29) is 0 Å². The minimum absolute atomic E-state index is 1.21. The standard InChI is InChI=1S/C11H20.C9H14/c1-6-7-8-10(4)11(5)9(2)3;1-3-9-6-4-5-8(2)7-9/h2,6-8H2,1,3-5H3;7H,2-6H2,1H3/b11-10+;. The Kier molecular flexibility index (Phi) is 10.2. The van der Waals surface area contributed by atoms with E-state index in [0.717, 1.165) is 0 Å². The summed E-state index contributed by atoms with van der Waals surface area (Å²) in [6.45, 7) is 18.7. The van der Waals surface area contributed by atoms with E-state index in [0.29, 0.717) is 0 Å². The van der Waals surface area contributed by atoms with Crippen LogP contribution in [-0.2, 0) is 0 Å². The fourth-order valence-electron chi connectivity index (χ4n) is 2.25. The average molecular weight is 274 g/mol. The SMILES string of the molecule is C=C(C)/C(C)=C(\C)CCCC.C=C1C=C(CC)CCC1. The summed E-state index contributed by atoms with van der Waals surface area (Å²) in [7, 11) is 0. The number of hydrogen-bond acceptors (Lipinski definition) is 0. The third-order valence-electron chi connectivity index (χ3n) is 4.04. The highest BCUT2D eigenvalue weighted by Gasteiger charge is 2.02. The molecule has 1 rings (SSSR count). The second kappa shape index (κ2) is 10.7. The Morgan fingerprint density at radius 1 is 1.15 bits per heavy atom. The summed E-state index contributed by atoms with van der Waals surface area (Å²) in [4.78, 5) is 0. The molecule has 0 N–H and O–H groups in total. The molecule has 0 aliphatic heterocycles. The molecule has 1 aliphatic rings. The maximum Gasteiger partial charge on any atom is -0.0282 e. The topological polar surface area (TPSA) is 0 Å². The van der Waals surface area contributed by atoms with Crippen LogP contribution in [0.15, 0.2) is 47.1 Å². The van der Waals surface area contributed by atoms with Crippen LogP contribution in [0.1, 0.15) is 79.6 Å². The van der Waals surface area contributed by atoms with E-state index in [1.807, 2.05) is 0 Å². The molecule has 0 unspecified atom stereocenters. The molecule has 0 saturated carbocycles. The van der Waals surface area contributed by atoms with Gasteiger partial charge in [-0.05, 0) is 64.9 Å². The number of hydrogen-bond donors (Lipinski definition) is 0. The molecule has 0 saturated heterocycles. The van der Waals surface area contributed by atoms with Crippen LogP contribution in [-0.4, -0.2) is 0 Å². The molecule has 0 aromatic rings. The van der Waals surface area contributed by atoms with Gasteiger partial charge in [0.25, 0.3) is 0 Å². The van der Waals surface area contributed by atoms with Crippen LogP contribution in [0.5, 0.6) is 0 Å². The third kappa shape index (κ3) is 8.19. The lowest BCUT2D eigenvalue weighted by molar-refractivity contribution is 0.759. The maximum absolute atomic E-state index is 3.94. The largest absolute Gasteiger partial charge is 0.0959 e. The smallest absolute Gasteiger partial charge is 0.0282 e. The Labute approximate surface area is 127 Å². The first-order valence-electron chi connectivity index (χ1n) is 8.11. The van der Waals surface area contributed by atoms with Crippen molar-refractivity contribution in [2.24, 2.45) is 0 Å². The Balaban J connectivity index is 0.000000367. The van der Waals surface area contributed by atoms with Crippen molar-refractivity contribution < 1.29 is 0 Å². The van der Waals surface area contributed by atoms with Crippen LogP contribution >= 0.6 is 0 Å². The predicted octanol–water partition coefficient (Wildman–Crippen LogP) is 7.15. The molecule has 20 heavy (non-hydrogen) atoms. The molecule has 0 heteroatoms. The van der Waals surface area contributed by atoms with Gasteiger partial charge in [-0.3, -0.25) is 0 Å². The minimum Gasteiger partial charge on any atom is -0.0959 e.